The van der Waals surface area contributed by atoms with Gasteiger partial charge in [0.1, 0.15) is 0 Å². The van der Waals surface area contributed by atoms with Crippen LogP contribution in [0.15, 0.2) is 5.16 Å². The van der Waals surface area contributed by atoms with Crippen molar-refractivity contribution < 1.29 is 0 Å². The van der Waals surface area contributed by atoms with Gasteiger partial charge in [-0.3, -0.25) is 4.57 Å². The summed E-state index contributed by atoms with van der Waals surface area (Å²) in [6.45, 7) is 6.56. The number of rotatable bonds is 5. The maximum Gasteiger partial charge on any atom is 0.222 e. The van der Waals surface area contributed by atoms with E-state index in [1.807, 2.05) is 4.57 Å². The maximum atomic E-state index is 5.82. The number of hydrogen-bond donors (Lipinski definition) is 2. The molecule has 1 fully saturated rings. The molecule has 2 rings (SSSR count). The zero-order chi connectivity index (χ0) is 13.0. The lowest BCUT2D eigenvalue weighted by atomic mass is 9.96. The van der Waals surface area contributed by atoms with Crippen LogP contribution in [0, 0.1) is 5.92 Å². The molecule has 1 saturated heterocycles. The fourth-order valence-electron chi connectivity index (χ4n) is 2.36. The summed E-state index contributed by atoms with van der Waals surface area (Å²) >= 11 is 1.78. The largest absolute Gasteiger partial charge is 0.368 e. The van der Waals surface area contributed by atoms with Crippen molar-refractivity contribution in [2.75, 3.05) is 24.6 Å². The van der Waals surface area contributed by atoms with Gasteiger partial charge in [0.05, 0.1) is 0 Å². The molecule has 0 bridgehead atoms. The van der Waals surface area contributed by atoms with Gasteiger partial charge >= 0.3 is 0 Å². The van der Waals surface area contributed by atoms with Gasteiger partial charge in [0.15, 0.2) is 5.16 Å². The van der Waals surface area contributed by atoms with Crippen molar-refractivity contribution in [3.8, 4) is 0 Å². The highest BCUT2D eigenvalue weighted by Gasteiger charge is 2.15. The van der Waals surface area contributed by atoms with E-state index in [9.17, 15) is 0 Å². The standard InChI is InChI=1S/C12H23N5S/c1-9(2)17-11(13)15-16-12(17)18-8-5-10-3-6-14-7-4-10/h9-10,14H,3-8H2,1-2H3,(H2,13,15). The predicted molar refractivity (Wildman–Crippen MR) is 75.8 cm³/mol. The molecule has 0 amide bonds. The van der Waals surface area contributed by atoms with Crippen LogP contribution in [0.1, 0.15) is 39.2 Å². The zero-order valence-electron chi connectivity index (χ0n) is 11.2. The third-order valence-corrected chi connectivity index (χ3v) is 4.40. The van der Waals surface area contributed by atoms with E-state index in [0.29, 0.717) is 12.0 Å². The van der Waals surface area contributed by atoms with Gasteiger partial charge in [-0.25, -0.2) is 0 Å². The summed E-state index contributed by atoms with van der Waals surface area (Å²) in [6.07, 6.45) is 3.87. The molecular weight excluding hydrogens is 246 g/mol. The van der Waals surface area contributed by atoms with Gasteiger partial charge < -0.3 is 11.1 Å². The molecule has 1 aromatic heterocycles. The molecule has 0 spiro atoms. The van der Waals surface area contributed by atoms with Crippen LogP contribution >= 0.6 is 11.8 Å². The van der Waals surface area contributed by atoms with E-state index >= 15 is 0 Å². The van der Waals surface area contributed by atoms with Crippen LogP contribution in [0.25, 0.3) is 0 Å². The molecule has 0 unspecified atom stereocenters. The Kier molecular flexibility index (Phi) is 4.88. The highest BCUT2D eigenvalue weighted by atomic mass is 32.2. The molecule has 0 atom stereocenters. The Hall–Kier alpha value is -0.750. The van der Waals surface area contributed by atoms with Crippen LogP contribution in [0.2, 0.25) is 0 Å². The van der Waals surface area contributed by atoms with Crippen molar-refractivity contribution in [2.24, 2.45) is 5.92 Å². The summed E-state index contributed by atoms with van der Waals surface area (Å²) in [5, 5.41) is 12.5. The third kappa shape index (κ3) is 3.38. The van der Waals surface area contributed by atoms with Crippen LogP contribution in [-0.4, -0.2) is 33.6 Å². The second-order valence-corrected chi connectivity index (χ2v) is 6.20. The van der Waals surface area contributed by atoms with Gasteiger partial charge in [0.2, 0.25) is 5.95 Å². The monoisotopic (exact) mass is 269 g/mol. The summed E-state index contributed by atoms with van der Waals surface area (Å²) < 4.78 is 2.01. The Morgan fingerprint density at radius 3 is 2.78 bits per heavy atom. The number of aromatic nitrogens is 3. The number of anilines is 1. The molecular formula is C12H23N5S. The van der Waals surface area contributed by atoms with E-state index in [2.05, 4.69) is 29.4 Å². The molecule has 1 aliphatic rings. The quantitative estimate of drug-likeness (QED) is 0.799. The molecule has 0 aromatic carbocycles. The lowest BCUT2D eigenvalue weighted by Crippen LogP contribution is -2.27. The first-order valence-corrected chi connectivity index (χ1v) is 7.71. The fourth-order valence-corrected chi connectivity index (χ4v) is 3.54. The first kappa shape index (κ1) is 13.7. The van der Waals surface area contributed by atoms with Gasteiger partial charge in [0, 0.05) is 11.8 Å². The topological polar surface area (TPSA) is 68.8 Å². The molecule has 102 valence electrons. The van der Waals surface area contributed by atoms with Crippen LogP contribution in [-0.2, 0) is 0 Å². The van der Waals surface area contributed by atoms with Gasteiger partial charge in [-0.05, 0) is 52.1 Å². The van der Waals surface area contributed by atoms with Gasteiger partial charge in [0.25, 0.3) is 0 Å². The van der Waals surface area contributed by atoms with E-state index in [0.717, 1.165) is 16.8 Å². The van der Waals surface area contributed by atoms with Crippen molar-refractivity contribution >= 4 is 17.7 Å². The van der Waals surface area contributed by atoms with Crippen molar-refractivity contribution in [1.82, 2.24) is 20.1 Å². The fraction of sp³-hybridized carbons (Fsp3) is 0.833. The highest BCUT2D eigenvalue weighted by Crippen LogP contribution is 2.25. The molecule has 6 heteroatoms. The molecule has 18 heavy (non-hydrogen) atoms. The first-order valence-electron chi connectivity index (χ1n) is 6.72. The smallest absolute Gasteiger partial charge is 0.222 e. The van der Waals surface area contributed by atoms with E-state index in [1.54, 1.807) is 11.8 Å². The summed E-state index contributed by atoms with van der Waals surface area (Å²) in [6, 6.07) is 0.321. The lowest BCUT2D eigenvalue weighted by Gasteiger charge is -2.22. The van der Waals surface area contributed by atoms with Gasteiger partial charge in [-0.15, -0.1) is 10.2 Å². The summed E-state index contributed by atoms with van der Waals surface area (Å²) in [7, 11) is 0. The Morgan fingerprint density at radius 2 is 2.11 bits per heavy atom. The van der Waals surface area contributed by atoms with Crippen molar-refractivity contribution in [1.29, 1.82) is 0 Å². The number of hydrogen-bond acceptors (Lipinski definition) is 5. The SMILES string of the molecule is CC(C)n1c(N)nnc1SCCC1CCNCC1. The normalized spacial score (nSPS) is 17.5. The minimum atomic E-state index is 0.321. The summed E-state index contributed by atoms with van der Waals surface area (Å²) in [5.74, 6) is 2.50. The average Bonchev–Trinajstić information content (AvgIpc) is 2.72. The second-order valence-electron chi connectivity index (χ2n) is 5.14. The summed E-state index contributed by atoms with van der Waals surface area (Å²) in [4.78, 5) is 0. The van der Waals surface area contributed by atoms with E-state index in [-0.39, 0.29) is 0 Å². The number of nitrogen functional groups attached to an aromatic ring is 1. The molecule has 1 aromatic rings. The van der Waals surface area contributed by atoms with E-state index < -0.39 is 0 Å². The lowest BCUT2D eigenvalue weighted by molar-refractivity contribution is 0.367. The Morgan fingerprint density at radius 1 is 1.39 bits per heavy atom. The number of piperidine rings is 1. The second kappa shape index (κ2) is 6.43. The number of thioether (sulfide) groups is 1. The Bertz CT molecular complexity index is 371. The predicted octanol–water partition coefficient (Wildman–Crippen LogP) is 1.92. The van der Waals surface area contributed by atoms with E-state index in [1.165, 1.54) is 32.4 Å². The number of nitrogens with two attached hydrogens (primary N) is 1. The van der Waals surface area contributed by atoms with E-state index in [4.69, 9.17) is 5.73 Å². The highest BCUT2D eigenvalue weighted by molar-refractivity contribution is 7.99. The van der Waals surface area contributed by atoms with Crippen LogP contribution in [0.4, 0.5) is 5.95 Å². The minimum Gasteiger partial charge on any atom is -0.368 e. The number of nitrogens with zero attached hydrogens (tertiary/aromatic N) is 3. The third-order valence-electron chi connectivity index (χ3n) is 3.42. The van der Waals surface area contributed by atoms with Gasteiger partial charge in [-0.2, -0.15) is 0 Å². The van der Waals surface area contributed by atoms with Gasteiger partial charge in [-0.1, -0.05) is 11.8 Å². The van der Waals surface area contributed by atoms with Crippen molar-refractivity contribution in [3.63, 3.8) is 0 Å². The average molecular weight is 269 g/mol. The molecule has 3 N–H and O–H groups in total. The molecule has 0 saturated carbocycles. The van der Waals surface area contributed by atoms with Crippen molar-refractivity contribution in [3.05, 3.63) is 0 Å². The number of nitrogens with one attached hydrogen (secondary N) is 1. The first-order chi connectivity index (χ1) is 8.68. The molecule has 0 radical (unpaired) electrons. The summed E-state index contributed by atoms with van der Waals surface area (Å²) in [5.41, 5.74) is 5.82. The van der Waals surface area contributed by atoms with Crippen LogP contribution < -0.4 is 11.1 Å². The van der Waals surface area contributed by atoms with Crippen LogP contribution in [0.3, 0.4) is 0 Å². The molecule has 2 heterocycles. The zero-order valence-corrected chi connectivity index (χ0v) is 12.0. The Labute approximate surface area is 113 Å². The van der Waals surface area contributed by atoms with Crippen LogP contribution in [0.5, 0.6) is 0 Å². The maximum absolute atomic E-state index is 5.82. The molecule has 0 aliphatic carbocycles. The Balaban J connectivity index is 1.82. The minimum absolute atomic E-state index is 0.321. The van der Waals surface area contributed by atoms with Crippen molar-refractivity contribution in [2.45, 2.75) is 44.3 Å². The molecule has 5 nitrogen and oxygen atoms in total. The molecule has 1 aliphatic heterocycles.